The van der Waals surface area contributed by atoms with Crippen LogP contribution in [0.25, 0.3) is 0 Å². The van der Waals surface area contributed by atoms with E-state index in [9.17, 15) is 0 Å². The molecule has 0 aromatic carbocycles. The van der Waals surface area contributed by atoms with E-state index in [4.69, 9.17) is 0 Å². The van der Waals surface area contributed by atoms with Gasteiger partial charge in [0.05, 0.1) is 3.79 Å². The second-order valence-electron chi connectivity index (χ2n) is 2.66. The van der Waals surface area contributed by atoms with Crippen LogP contribution in [-0.4, -0.2) is 0 Å². The molecule has 0 aliphatic carbocycles. The fourth-order valence-electron chi connectivity index (χ4n) is 1.33. The SMILES string of the molecule is CCC(CC)c1ccsc1Br. The Morgan fingerprint density at radius 2 is 2.09 bits per heavy atom. The van der Waals surface area contributed by atoms with Gasteiger partial charge in [-0.05, 0) is 51.7 Å². The molecule has 11 heavy (non-hydrogen) atoms. The lowest BCUT2D eigenvalue weighted by atomic mass is 9.97. The maximum absolute atomic E-state index is 3.57. The molecule has 0 N–H and O–H groups in total. The van der Waals surface area contributed by atoms with Crippen LogP contribution in [0.5, 0.6) is 0 Å². The van der Waals surface area contributed by atoms with E-state index in [0.717, 1.165) is 5.92 Å². The normalized spacial score (nSPS) is 10.9. The van der Waals surface area contributed by atoms with Crippen LogP contribution in [-0.2, 0) is 0 Å². The maximum Gasteiger partial charge on any atom is 0.0733 e. The second-order valence-corrected chi connectivity index (χ2v) is 4.90. The summed E-state index contributed by atoms with van der Waals surface area (Å²) in [6.45, 7) is 4.50. The highest BCUT2D eigenvalue weighted by atomic mass is 79.9. The van der Waals surface area contributed by atoms with Crippen LogP contribution in [0.3, 0.4) is 0 Å². The van der Waals surface area contributed by atoms with Gasteiger partial charge in [-0.1, -0.05) is 13.8 Å². The third-order valence-electron chi connectivity index (χ3n) is 2.07. The Morgan fingerprint density at radius 3 is 2.45 bits per heavy atom. The molecule has 1 aromatic rings. The molecule has 0 atom stereocenters. The van der Waals surface area contributed by atoms with Crippen molar-refractivity contribution in [2.75, 3.05) is 0 Å². The molecule has 0 saturated carbocycles. The van der Waals surface area contributed by atoms with E-state index in [0.29, 0.717) is 0 Å². The summed E-state index contributed by atoms with van der Waals surface area (Å²) in [6.07, 6.45) is 2.48. The Hall–Kier alpha value is 0.180. The molecule has 0 bridgehead atoms. The monoisotopic (exact) mass is 232 g/mol. The predicted molar refractivity (Wildman–Crippen MR) is 55.3 cm³/mol. The Bertz CT molecular complexity index is 213. The predicted octanol–water partition coefficient (Wildman–Crippen LogP) is 4.41. The van der Waals surface area contributed by atoms with Crippen LogP contribution in [0.1, 0.15) is 38.2 Å². The van der Waals surface area contributed by atoms with E-state index in [-0.39, 0.29) is 0 Å². The Balaban J connectivity index is 2.81. The fraction of sp³-hybridized carbons (Fsp3) is 0.556. The first-order valence-electron chi connectivity index (χ1n) is 4.02. The number of hydrogen-bond donors (Lipinski definition) is 0. The molecule has 1 heterocycles. The molecule has 0 fully saturated rings. The minimum atomic E-state index is 0.746. The van der Waals surface area contributed by atoms with Crippen LogP contribution >= 0.6 is 27.3 Å². The van der Waals surface area contributed by atoms with Crippen molar-refractivity contribution in [2.45, 2.75) is 32.6 Å². The molecule has 0 aliphatic rings. The molecule has 1 aromatic heterocycles. The third kappa shape index (κ3) is 2.06. The van der Waals surface area contributed by atoms with Crippen molar-refractivity contribution >= 4 is 27.3 Å². The van der Waals surface area contributed by atoms with Gasteiger partial charge in [0, 0.05) is 0 Å². The number of hydrogen-bond acceptors (Lipinski definition) is 1. The van der Waals surface area contributed by atoms with Crippen molar-refractivity contribution < 1.29 is 0 Å². The van der Waals surface area contributed by atoms with E-state index in [2.05, 4.69) is 41.2 Å². The van der Waals surface area contributed by atoms with Gasteiger partial charge in [0.25, 0.3) is 0 Å². The number of halogens is 1. The topological polar surface area (TPSA) is 0 Å². The second kappa shape index (κ2) is 4.27. The van der Waals surface area contributed by atoms with Gasteiger partial charge in [0.15, 0.2) is 0 Å². The van der Waals surface area contributed by atoms with Gasteiger partial charge in [-0.3, -0.25) is 0 Å². The van der Waals surface area contributed by atoms with Crippen LogP contribution in [0.4, 0.5) is 0 Å². The third-order valence-corrected chi connectivity index (χ3v) is 3.80. The van der Waals surface area contributed by atoms with Gasteiger partial charge in [-0.2, -0.15) is 0 Å². The zero-order valence-electron chi connectivity index (χ0n) is 6.93. The molecule has 0 spiro atoms. The van der Waals surface area contributed by atoms with E-state index >= 15 is 0 Å². The van der Waals surface area contributed by atoms with Crippen molar-refractivity contribution in [1.29, 1.82) is 0 Å². The van der Waals surface area contributed by atoms with Crippen LogP contribution in [0.15, 0.2) is 15.2 Å². The Morgan fingerprint density at radius 1 is 1.45 bits per heavy atom. The highest BCUT2D eigenvalue weighted by Gasteiger charge is 2.10. The van der Waals surface area contributed by atoms with Gasteiger partial charge in [0.2, 0.25) is 0 Å². The molecule has 0 amide bonds. The first-order chi connectivity index (χ1) is 5.29. The smallest absolute Gasteiger partial charge is 0.0733 e. The largest absolute Gasteiger partial charge is 0.137 e. The molecule has 0 radical (unpaired) electrons. The van der Waals surface area contributed by atoms with E-state index < -0.39 is 0 Å². The van der Waals surface area contributed by atoms with Crippen molar-refractivity contribution in [1.82, 2.24) is 0 Å². The highest BCUT2D eigenvalue weighted by Crippen LogP contribution is 2.33. The summed E-state index contributed by atoms with van der Waals surface area (Å²) < 4.78 is 1.31. The number of thiophene rings is 1. The van der Waals surface area contributed by atoms with E-state index in [1.54, 1.807) is 11.3 Å². The van der Waals surface area contributed by atoms with E-state index in [1.165, 1.54) is 22.2 Å². The summed E-state index contributed by atoms with van der Waals surface area (Å²) in [7, 11) is 0. The van der Waals surface area contributed by atoms with Crippen LogP contribution in [0.2, 0.25) is 0 Å². The Kier molecular flexibility index (Phi) is 3.60. The zero-order valence-corrected chi connectivity index (χ0v) is 9.33. The lowest BCUT2D eigenvalue weighted by Gasteiger charge is -2.10. The van der Waals surface area contributed by atoms with Crippen LogP contribution < -0.4 is 0 Å². The summed E-state index contributed by atoms with van der Waals surface area (Å²) in [4.78, 5) is 0. The molecule has 0 unspecified atom stereocenters. The lowest BCUT2D eigenvalue weighted by Crippen LogP contribution is -1.92. The Labute approximate surface area is 80.8 Å². The van der Waals surface area contributed by atoms with Crippen molar-refractivity contribution in [3.05, 3.63) is 20.8 Å². The van der Waals surface area contributed by atoms with Gasteiger partial charge < -0.3 is 0 Å². The molecule has 0 saturated heterocycles. The molecule has 0 aliphatic heterocycles. The van der Waals surface area contributed by atoms with Crippen molar-refractivity contribution in [3.63, 3.8) is 0 Å². The minimum Gasteiger partial charge on any atom is -0.137 e. The molecule has 62 valence electrons. The van der Waals surface area contributed by atoms with Crippen molar-refractivity contribution in [2.24, 2.45) is 0 Å². The van der Waals surface area contributed by atoms with E-state index in [1.807, 2.05) is 0 Å². The van der Waals surface area contributed by atoms with Crippen molar-refractivity contribution in [3.8, 4) is 0 Å². The van der Waals surface area contributed by atoms with Crippen LogP contribution in [0, 0.1) is 0 Å². The standard InChI is InChI=1S/C9H13BrS/c1-3-7(4-2)8-5-6-11-9(8)10/h5-7H,3-4H2,1-2H3. The average Bonchev–Trinajstić information content (AvgIpc) is 2.40. The first-order valence-corrected chi connectivity index (χ1v) is 5.69. The zero-order chi connectivity index (χ0) is 8.27. The lowest BCUT2D eigenvalue weighted by molar-refractivity contribution is 0.642. The summed E-state index contributed by atoms with van der Waals surface area (Å²) >= 11 is 5.35. The van der Waals surface area contributed by atoms with Gasteiger partial charge in [-0.15, -0.1) is 11.3 Å². The van der Waals surface area contributed by atoms with Gasteiger partial charge in [-0.25, -0.2) is 0 Å². The summed E-state index contributed by atoms with van der Waals surface area (Å²) in [5.41, 5.74) is 1.49. The summed E-state index contributed by atoms with van der Waals surface area (Å²) in [6, 6.07) is 2.23. The summed E-state index contributed by atoms with van der Waals surface area (Å²) in [5, 5.41) is 2.15. The molecular weight excluding hydrogens is 220 g/mol. The molecule has 0 nitrogen and oxygen atoms in total. The molecule has 1 rings (SSSR count). The highest BCUT2D eigenvalue weighted by molar-refractivity contribution is 9.11. The fourth-order valence-corrected chi connectivity index (χ4v) is 2.81. The molecular formula is C9H13BrS. The quantitative estimate of drug-likeness (QED) is 0.725. The van der Waals surface area contributed by atoms with Gasteiger partial charge in [0.1, 0.15) is 0 Å². The first kappa shape index (κ1) is 9.27. The summed E-state index contributed by atoms with van der Waals surface area (Å²) in [5.74, 6) is 0.746. The maximum atomic E-state index is 3.57. The molecule has 2 heteroatoms. The minimum absolute atomic E-state index is 0.746. The average molecular weight is 233 g/mol. The van der Waals surface area contributed by atoms with Gasteiger partial charge >= 0.3 is 0 Å². The number of rotatable bonds is 3.